The van der Waals surface area contributed by atoms with Crippen molar-refractivity contribution >= 4 is 21.7 Å². The molecular formula is C21H24N2O5S. The van der Waals surface area contributed by atoms with E-state index in [0.29, 0.717) is 24.3 Å². The molecule has 8 heteroatoms. The number of nitrogens with zero attached hydrogens (tertiary/aromatic N) is 1. The second-order valence-electron chi connectivity index (χ2n) is 7.05. The molecule has 1 heterocycles. The molecule has 1 atom stereocenters. The van der Waals surface area contributed by atoms with E-state index in [2.05, 4.69) is 5.32 Å². The van der Waals surface area contributed by atoms with Crippen LogP contribution in [-0.4, -0.2) is 56.3 Å². The van der Waals surface area contributed by atoms with Crippen molar-refractivity contribution in [1.82, 2.24) is 10.2 Å². The monoisotopic (exact) mass is 416 g/mol. The molecule has 154 valence electrons. The van der Waals surface area contributed by atoms with Gasteiger partial charge < -0.3 is 15.0 Å². The first kappa shape index (κ1) is 20.9. The Balaban J connectivity index is 1.52. The minimum absolute atomic E-state index is 0.00763. The Morgan fingerprint density at radius 2 is 1.90 bits per heavy atom. The number of carbonyl (C=O) groups excluding carboxylic acids is 2. The molecule has 0 radical (unpaired) electrons. The molecule has 1 aliphatic rings. The summed E-state index contributed by atoms with van der Waals surface area (Å²) in [6.45, 7) is 0.195. The van der Waals surface area contributed by atoms with Gasteiger partial charge in [0.05, 0.1) is 11.5 Å². The Kier molecular flexibility index (Phi) is 6.53. The first-order chi connectivity index (χ1) is 13.8. The average Bonchev–Trinajstić information content (AvgIpc) is 3.10. The third kappa shape index (κ3) is 5.80. The molecule has 0 saturated carbocycles. The summed E-state index contributed by atoms with van der Waals surface area (Å²) < 4.78 is 28.7. The molecule has 1 N–H and O–H groups in total. The Morgan fingerprint density at radius 1 is 1.14 bits per heavy atom. The largest absolute Gasteiger partial charge is 0.484 e. The van der Waals surface area contributed by atoms with Gasteiger partial charge in [0.25, 0.3) is 11.8 Å². The molecule has 1 saturated heterocycles. The van der Waals surface area contributed by atoms with Crippen LogP contribution in [0.25, 0.3) is 0 Å². The smallest absolute Gasteiger partial charge is 0.260 e. The number of benzene rings is 2. The number of hydrogen-bond donors (Lipinski definition) is 1. The summed E-state index contributed by atoms with van der Waals surface area (Å²) in [5.41, 5.74) is 1.43. The Bertz CT molecular complexity index is 976. The van der Waals surface area contributed by atoms with Crippen LogP contribution in [0.3, 0.4) is 0 Å². The van der Waals surface area contributed by atoms with E-state index in [0.717, 1.165) is 5.56 Å². The Morgan fingerprint density at radius 3 is 2.59 bits per heavy atom. The Hall–Kier alpha value is -2.87. The average molecular weight is 416 g/mol. The van der Waals surface area contributed by atoms with Crippen molar-refractivity contribution in [2.45, 2.75) is 19.0 Å². The lowest BCUT2D eigenvalue weighted by Crippen LogP contribution is -2.40. The maximum atomic E-state index is 12.4. The second kappa shape index (κ2) is 9.09. The maximum absolute atomic E-state index is 12.4. The van der Waals surface area contributed by atoms with Crippen molar-refractivity contribution in [1.29, 1.82) is 0 Å². The minimum Gasteiger partial charge on any atom is -0.484 e. The van der Waals surface area contributed by atoms with E-state index in [1.807, 2.05) is 30.3 Å². The predicted octanol–water partition coefficient (Wildman–Crippen LogP) is 1.64. The zero-order chi connectivity index (χ0) is 20.9. The van der Waals surface area contributed by atoms with Crippen LogP contribution in [0.4, 0.5) is 0 Å². The summed E-state index contributed by atoms with van der Waals surface area (Å²) >= 11 is 0. The molecule has 0 unspecified atom stereocenters. The molecule has 2 aromatic rings. The number of ether oxygens (including phenoxy) is 1. The van der Waals surface area contributed by atoms with Crippen molar-refractivity contribution in [3.05, 3.63) is 65.7 Å². The van der Waals surface area contributed by atoms with Crippen LogP contribution in [0, 0.1) is 0 Å². The van der Waals surface area contributed by atoms with Crippen molar-refractivity contribution in [2.24, 2.45) is 0 Å². The molecule has 2 amide bonds. The highest BCUT2D eigenvalue weighted by Crippen LogP contribution is 2.18. The predicted molar refractivity (Wildman–Crippen MR) is 109 cm³/mol. The van der Waals surface area contributed by atoms with E-state index in [1.165, 1.54) is 4.90 Å². The van der Waals surface area contributed by atoms with Crippen molar-refractivity contribution in [3.63, 3.8) is 0 Å². The van der Waals surface area contributed by atoms with E-state index in [9.17, 15) is 18.0 Å². The first-order valence-electron chi connectivity index (χ1n) is 9.35. The number of nitrogens with one attached hydrogen (secondary N) is 1. The minimum atomic E-state index is -3.06. The van der Waals surface area contributed by atoms with Gasteiger partial charge in [-0.3, -0.25) is 9.59 Å². The van der Waals surface area contributed by atoms with Gasteiger partial charge in [0, 0.05) is 25.2 Å². The number of carbonyl (C=O) groups is 2. The topological polar surface area (TPSA) is 92.8 Å². The van der Waals surface area contributed by atoms with E-state index >= 15 is 0 Å². The standard InChI is InChI=1S/C21H24N2O5S/c1-23(18-10-11-29(26,27)15-18)20(24)14-28-19-9-5-8-17(12-19)21(25)22-13-16-6-3-2-4-7-16/h2-9,12,18H,10-11,13-15H2,1H3,(H,22,25)/t18-/m0/s1. The quantitative estimate of drug-likeness (QED) is 0.741. The normalized spacial score (nSPS) is 17.5. The van der Waals surface area contributed by atoms with Crippen LogP contribution in [0.1, 0.15) is 22.3 Å². The molecule has 7 nitrogen and oxygen atoms in total. The summed E-state index contributed by atoms with van der Waals surface area (Å²) in [6.07, 6.45) is 0.446. The lowest BCUT2D eigenvalue weighted by atomic mass is 10.2. The molecular weight excluding hydrogens is 392 g/mol. The zero-order valence-electron chi connectivity index (χ0n) is 16.2. The van der Waals surface area contributed by atoms with E-state index in [4.69, 9.17) is 4.74 Å². The number of rotatable bonds is 7. The van der Waals surface area contributed by atoms with Gasteiger partial charge in [0.1, 0.15) is 5.75 Å². The highest BCUT2D eigenvalue weighted by molar-refractivity contribution is 7.91. The summed E-state index contributed by atoms with van der Waals surface area (Å²) in [7, 11) is -1.47. The third-order valence-corrected chi connectivity index (χ3v) is 6.65. The summed E-state index contributed by atoms with van der Waals surface area (Å²) in [6, 6.07) is 15.9. The SMILES string of the molecule is CN(C(=O)COc1cccc(C(=O)NCc2ccccc2)c1)[C@H]1CCS(=O)(=O)C1. The van der Waals surface area contributed by atoms with Gasteiger partial charge in [0.15, 0.2) is 16.4 Å². The summed E-state index contributed by atoms with van der Waals surface area (Å²) in [5.74, 6) is -0.0362. The van der Waals surface area contributed by atoms with Gasteiger partial charge >= 0.3 is 0 Å². The van der Waals surface area contributed by atoms with Crippen LogP contribution in [0.2, 0.25) is 0 Å². The van der Waals surface area contributed by atoms with E-state index in [-0.39, 0.29) is 36.0 Å². The zero-order valence-corrected chi connectivity index (χ0v) is 17.0. The molecule has 1 aliphatic heterocycles. The lowest BCUT2D eigenvalue weighted by molar-refractivity contribution is -0.133. The lowest BCUT2D eigenvalue weighted by Gasteiger charge is -2.23. The van der Waals surface area contributed by atoms with Gasteiger partial charge in [-0.15, -0.1) is 0 Å². The van der Waals surface area contributed by atoms with Gasteiger partial charge in [-0.1, -0.05) is 36.4 Å². The number of likely N-dealkylation sites (N-methyl/N-ethyl adjacent to an activating group) is 1. The van der Waals surface area contributed by atoms with Crippen LogP contribution >= 0.6 is 0 Å². The van der Waals surface area contributed by atoms with Crippen LogP contribution in [0.5, 0.6) is 5.75 Å². The maximum Gasteiger partial charge on any atom is 0.260 e. The molecule has 3 rings (SSSR count). The van der Waals surface area contributed by atoms with Gasteiger partial charge in [-0.25, -0.2) is 8.42 Å². The third-order valence-electron chi connectivity index (χ3n) is 4.90. The fourth-order valence-electron chi connectivity index (χ4n) is 3.14. The molecule has 0 aliphatic carbocycles. The van der Waals surface area contributed by atoms with E-state index < -0.39 is 9.84 Å². The summed E-state index contributed by atoms with van der Waals surface area (Å²) in [5, 5.41) is 2.84. The van der Waals surface area contributed by atoms with Gasteiger partial charge in [-0.05, 0) is 30.2 Å². The fourth-order valence-corrected chi connectivity index (χ4v) is 4.91. The molecule has 2 aromatic carbocycles. The number of hydrogen-bond acceptors (Lipinski definition) is 5. The Labute approximate surface area is 170 Å². The molecule has 0 spiro atoms. The van der Waals surface area contributed by atoms with Crippen LogP contribution < -0.4 is 10.1 Å². The van der Waals surface area contributed by atoms with Crippen LogP contribution in [-0.2, 0) is 21.2 Å². The van der Waals surface area contributed by atoms with Crippen molar-refractivity contribution in [2.75, 3.05) is 25.2 Å². The number of sulfone groups is 1. The van der Waals surface area contributed by atoms with Crippen molar-refractivity contribution in [3.8, 4) is 5.75 Å². The molecule has 0 aromatic heterocycles. The van der Waals surface area contributed by atoms with Crippen molar-refractivity contribution < 1.29 is 22.7 Å². The van der Waals surface area contributed by atoms with Crippen LogP contribution in [0.15, 0.2) is 54.6 Å². The molecule has 29 heavy (non-hydrogen) atoms. The highest BCUT2D eigenvalue weighted by atomic mass is 32.2. The molecule has 0 bridgehead atoms. The summed E-state index contributed by atoms with van der Waals surface area (Å²) in [4.78, 5) is 26.1. The van der Waals surface area contributed by atoms with Gasteiger partial charge in [-0.2, -0.15) is 0 Å². The number of amides is 2. The highest BCUT2D eigenvalue weighted by Gasteiger charge is 2.32. The van der Waals surface area contributed by atoms with E-state index in [1.54, 1.807) is 31.3 Å². The second-order valence-corrected chi connectivity index (χ2v) is 9.28. The molecule has 1 fully saturated rings. The first-order valence-corrected chi connectivity index (χ1v) is 11.2. The van der Waals surface area contributed by atoms with Gasteiger partial charge in [0.2, 0.25) is 0 Å². The fraction of sp³-hybridized carbons (Fsp3) is 0.333.